The minimum atomic E-state index is -0.549. The highest BCUT2D eigenvalue weighted by molar-refractivity contribution is 7.09. The first-order valence-corrected chi connectivity index (χ1v) is 8.25. The fourth-order valence-electron chi connectivity index (χ4n) is 1.95. The molecule has 3 rings (SSSR count). The van der Waals surface area contributed by atoms with E-state index in [2.05, 4.69) is 15.1 Å². The Hall–Kier alpha value is -2.87. The monoisotopic (exact) mass is 359 g/mol. The summed E-state index contributed by atoms with van der Waals surface area (Å²) in [7, 11) is 0. The van der Waals surface area contributed by atoms with E-state index in [0.717, 1.165) is 5.01 Å². The van der Waals surface area contributed by atoms with Crippen LogP contribution in [0, 0.1) is 19.7 Å². The van der Waals surface area contributed by atoms with Gasteiger partial charge < -0.3 is 9.26 Å². The first kappa shape index (κ1) is 17.0. The van der Waals surface area contributed by atoms with Crippen LogP contribution in [0.2, 0.25) is 0 Å². The van der Waals surface area contributed by atoms with E-state index in [9.17, 15) is 9.18 Å². The zero-order chi connectivity index (χ0) is 17.8. The molecule has 0 N–H and O–H groups in total. The Balaban J connectivity index is 1.58. The van der Waals surface area contributed by atoms with Crippen LogP contribution in [0.3, 0.4) is 0 Å². The van der Waals surface area contributed by atoms with Crippen molar-refractivity contribution in [2.24, 2.45) is 0 Å². The van der Waals surface area contributed by atoms with Crippen molar-refractivity contribution in [2.45, 2.75) is 20.5 Å². The van der Waals surface area contributed by atoms with Gasteiger partial charge in [-0.1, -0.05) is 17.3 Å². The summed E-state index contributed by atoms with van der Waals surface area (Å²) in [4.78, 5) is 20.0. The number of hydrogen-bond acceptors (Lipinski definition) is 7. The van der Waals surface area contributed by atoms with E-state index in [4.69, 9.17) is 9.26 Å². The van der Waals surface area contributed by atoms with Gasteiger partial charge in [0.1, 0.15) is 5.82 Å². The second kappa shape index (κ2) is 7.35. The van der Waals surface area contributed by atoms with Crippen molar-refractivity contribution in [2.75, 3.05) is 0 Å². The highest BCUT2D eigenvalue weighted by Gasteiger charge is 2.11. The van der Waals surface area contributed by atoms with Crippen LogP contribution in [0.5, 0.6) is 0 Å². The molecule has 0 spiro atoms. The van der Waals surface area contributed by atoms with Crippen LogP contribution in [-0.2, 0) is 16.1 Å². The quantitative estimate of drug-likeness (QED) is 0.510. The number of carbonyl (C=O) groups is 1. The topological polar surface area (TPSA) is 78.1 Å². The van der Waals surface area contributed by atoms with Gasteiger partial charge in [-0.25, -0.2) is 14.2 Å². The molecule has 3 aromatic rings. The Bertz CT molecular complexity index is 933. The minimum Gasteiger partial charge on any atom is -0.452 e. The van der Waals surface area contributed by atoms with E-state index in [-0.39, 0.29) is 24.1 Å². The summed E-state index contributed by atoms with van der Waals surface area (Å²) >= 11 is 1.49. The van der Waals surface area contributed by atoms with Crippen molar-refractivity contribution in [1.82, 2.24) is 15.1 Å². The van der Waals surface area contributed by atoms with Crippen LogP contribution in [0.25, 0.3) is 17.5 Å². The summed E-state index contributed by atoms with van der Waals surface area (Å²) in [6.45, 7) is 3.38. The maximum atomic E-state index is 13.6. The van der Waals surface area contributed by atoms with Crippen molar-refractivity contribution >= 4 is 23.4 Å². The Labute approximate surface area is 147 Å². The van der Waals surface area contributed by atoms with Gasteiger partial charge in [-0.2, -0.15) is 4.98 Å². The van der Waals surface area contributed by atoms with Crippen molar-refractivity contribution in [1.29, 1.82) is 0 Å². The molecule has 25 heavy (non-hydrogen) atoms. The largest absolute Gasteiger partial charge is 0.452 e. The van der Waals surface area contributed by atoms with Gasteiger partial charge in [0.15, 0.2) is 6.61 Å². The van der Waals surface area contributed by atoms with E-state index >= 15 is 0 Å². The molecule has 0 radical (unpaired) electrons. The summed E-state index contributed by atoms with van der Waals surface area (Å²) in [6.07, 6.45) is 2.85. The molecule has 0 saturated carbocycles. The Morgan fingerprint density at radius 2 is 2.20 bits per heavy atom. The molecule has 0 unspecified atom stereocenters. The second-order valence-electron chi connectivity index (χ2n) is 5.21. The normalized spacial score (nSPS) is 11.2. The molecule has 0 aliphatic rings. The minimum absolute atomic E-state index is 0.127. The summed E-state index contributed by atoms with van der Waals surface area (Å²) in [6, 6.07) is 4.65. The maximum Gasteiger partial charge on any atom is 0.331 e. The van der Waals surface area contributed by atoms with Gasteiger partial charge in [0, 0.05) is 17.0 Å². The SMILES string of the molecule is Cc1nc(/C=C/C(=O)OCc2nc(-c3ccc(C)c(F)c3)no2)cs1. The predicted molar refractivity (Wildman–Crippen MR) is 90.1 cm³/mol. The molecule has 0 bridgehead atoms. The summed E-state index contributed by atoms with van der Waals surface area (Å²) in [5, 5.41) is 6.51. The lowest BCUT2D eigenvalue weighted by Crippen LogP contribution is -2.01. The highest BCUT2D eigenvalue weighted by atomic mass is 32.1. The molecule has 8 heteroatoms. The van der Waals surface area contributed by atoms with E-state index in [1.807, 2.05) is 12.3 Å². The van der Waals surface area contributed by atoms with Crippen LogP contribution in [0.15, 0.2) is 34.2 Å². The third kappa shape index (κ3) is 4.36. The van der Waals surface area contributed by atoms with Gasteiger partial charge in [0.2, 0.25) is 5.82 Å². The lowest BCUT2D eigenvalue weighted by molar-refractivity contribution is -0.139. The third-order valence-electron chi connectivity index (χ3n) is 3.26. The van der Waals surface area contributed by atoms with Gasteiger partial charge in [0.25, 0.3) is 5.89 Å². The zero-order valence-corrected chi connectivity index (χ0v) is 14.3. The number of nitrogens with zero attached hydrogens (tertiary/aromatic N) is 3. The fourth-order valence-corrected chi connectivity index (χ4v) is 2.53. The van der Waals surface area contributed by atoms with Gasteiger partial charge in [-0.3, -0.25) is 0 Å². The van der Waals surface area contributed by atoms with Crippen LogP contribution >= 0.6 is 11.3 Å². The highest BCUT2D eigenvalue weighted by Crippen LogP contribution is 2.19. The molecule has 6 nitrogen and oxygen atoms in total. The number of esters is 1. The summed E-state index contributed by atoms with van der Waals surface area (Å²) < 4.78 is 23.6. The number of ether oxygens (including phenoxy) is 1. The first-order valence-electron chi connectivity index (χ1n) is 7.37. The van der Waals surface area contributed by atoms with Crippen LogP contribution in [0.4, 0.5) is 4.39 Å². The second-order valence-corrected chi connectivity index (χ2v) is 6.27. The molecule has 0 aliphatic heterocycles. The lowest BCUT2D eigenvalue weighted by atomic mass is 10.1. The Morgan fingerprint density at radius 1 is 1.36 bits per heavy atom. The molecule has 128 valence electrons. The van der Waals surface area contributed by atoms with E-state index < -0.39 is 5.97 Å². The molecule has 0 saturated heterocycles. The van der Waals surface area contributed by atoms with Crippen LogP contribution in [-0.4, -0.2) is 21.1 Å². The molecule has 0 fully saturated rings. The Morgan fingerprint density at radius 3 is 2.92 bits per heavy atom. The van der Waals surface area contributed by atoms with E-state index in [0.29, 0.717) is 16.8 Å². The summed E-state index contributed by atoms with van der Waals surface area (Å²) in [5.41, 5.74) is 1.72. The zero-order valence-electron chi connectivity index (χ0n) is 13.5. The van der Waals surface area contributed by atoms with Gasteiger partial charge in [-0.05, 0) is 31.6 Å². The molecule has 0 atom stereocenters. The first-order chi connectivity index (χ1) is 12.0. The van der Waals surface area contributed by atoms with E-state index in [1.54, 1.807) is 25.1 Å². The van der Waals surface area contributed by atoms with Crippen molar-refractivity contribution < 1.29 is 18.4 Å². The van der Waals surface area contributed by atoms with Crippen LogP contribution in [0.1, 0.15) is 22.2 Å². The third-order valence-corrected chi connectivity index (χ3v) is 4.05. The van der Waals surface area contributed by atoms with Gasteiger partial charge in [-0.15, -0.1) is 11.3 Å². The number of thiazole rings is 1. The summed E-state index contributed by atoms with van der Waals surface area (Å²) in [5.74, 6) is -0.537. The van der Waals surface area contributed by atoms with Crippen molar-refractivity contribution in [3.63, 3.8) is 0 Å². The molecule has 1 aromatic carbocycles. The predicted octanol–water partition coefficient (Wildman–Crippen LogP) is 3.71. The van der Waals surface area contributed by atoms with Crippen molar-refractivity contribution in [3.05, 3.63) is 57.6 Å². The average molecular weight is 359 g/mol. The smallest absolute Gasteiger partial charge is 0.331 e. The number of rotatable bonds is 5. The van der Waals surface area contributed by atoms with Gasteiger partial charge in [0.05, 0.1) is 10.7 Å². The number of aryl methyl sites for hydroxylation is 2. The van der Waals surface area contributed by atoms with Gasteiger partial charge >= 0.3 is 5.97 Å². The van der Waals surface area contributed by atoms with E-state index in [1.165, 1.54) is 23.5 Å². The van der Waals surface area contributed by atoms with Crippen molar-refractivity contribution in [3.8, 4) is 11.4 Å². The number of benzene rings is 1. The molecule has 2 aromatic heterocycles. The lowest BCUT2D eigenvalue weighted by Gasteiger charge is -1.98. The number of carbonyl (C=O) groups excluding carboxylic acids is 1. The Kier molecular flexibility index (Phi) is 4.99. The van der Waals surface area contributed by atoms with Crippen LogP contribution < -0.4 is 0 Å². The maximum absolute atomic E-state index is 13.6. The standard InChI is InChI=1S/C17H14FN3O3S/c1-10-3-4-12(7-14(10)18)17-20-15(24-21-17)8-23-16(22)6-5-13-9-25-11(2)19-13/h3-7,9H,8H2,1-2H3/b6-5+. The number of aromatic nitrogens is 3. The fraction of sp³-hybridized carbons (Fsp3) is 0.176. The molecule has 2 heterocycles. The molecular weight excluding hydrogens is 345 g/mol. The molecular formula is C17H14FN3O3S. The number of halogens is 1. The average Bonchev–Trinajstić information content (AvgIpc) is 3.22. The molecule has 0 amide bonds. The molecule has 0 aliphatic carbocycles. The number of hydrogen-bond donors (Lipinski definition) is 0.